The first-order valence-corrected chi connectivity index (χ1v) is 9.59. The summed E-state index contributed by atoms with van der Waals surface area (Å²) >= 11 is 3.81. The molecule has 27 heavy (non-hydrogen) atoms. The Hall–Kier alpha value is -3.04. The van der Waals surface area contributed by atoms with Gasteiger partial charge in [-0.2, -0.15) is 0 Å². The van der Waals surface area contributed by atoms with Crippen molar-refractivity contribution in [2.75, 3.05) is 0 Å². The van der Waals surface area contributed by atoms with Crippen LogP contribution in [0.4, 0.5) is 0 Å². The molecule has 0 atom stereocenters. The Morgan fingerprint density at radius 1 is 0.556 bits per heavy atom. The number of rotatable bonds is 2. The van der Waals surface area contributed by atoms with E-state index in [1.54, 1.807) is 12.4 Å². The van der Waals surface area contributed by atoms with Gasteiger partial charge >= 0.3 is 0 Å². The van der Waals surface area contributed by atoms with Crippen LogP contribution in [-0.2, 0) is 0 Å². The average molecular weight is 411 g/mol. The average Bonchev–Trinajstić information content (AvgIpc) is 2.75. The fourth-order valence-electron chi connectivity index (χ4n) is 3.61. The largest absolute Gasteiger partial charge is 0.265 e. The highest BCUT2D eigenvalue weighted by Gasteiger charge is 2.14. The van der Waals surface area contributed by atoms with E-state index in [1.165, 1.54) is 27.1 Å². The number of nitrogens with zero attached hydrogens (tertiary/aromatic N) is 2. The predicted octanol–water partition coefficient (Wildman–Crippen LogP) is 6.88. The highest BCUT2D eigenvalue weighted by molar-refractivity contribution is 9.10. The van der Waals surface area contributed by atoms with Crippen molar-refractivity contribution in [3.05, 3.63) is 95.7 Å². The third kappa shape index (κ3) is 2.71. The molecule has 0 amide bonds. The molecule has 0 saturated heterocycles. The molecule has 2 nitrogen and oxygen atoms in total. The molecule has 2 heterocycles. The van der Waals surface area contributed by atoms with E-state index in [0.717, 1.165) is 21.4 Å². The smallest absolute Gasteiger partial charge is 0.0722 e. The SMILES string of the molecule is Brc1c2ccccc2c(-c2cccc(-c3ccncc3)n2)c2ccccc12. The van der Waals surface area contributed by atoms with Crippen molar-refractivity contribution in [2.24, 2.45) is 0 Å². The van der Waals surface area contributed by atoms with Crippen LogP contribution in [0.15, 0.2) is 95.7 Å². The van der Waals surface area contributed by atoms with Crippen LogP contribution in [-0.4, -0.2) is 9.97 Å². The molecule has 5 rings (SSSR count). The highest BCUT2D eigenvalue weighted by atomic mass is 79.9. The van der Waals surface area contributed by atoms with Crippen LogP contribution >= 0.6 is 15.9 Å². The zero-order valence-electron chi connectivity index (χ0n) is 14.4. The number of hydrogen-bond acceptors (Lipinski definition) is 2. The minimum Gasteiger partial charge on any atom is -0.265 e. The molecule has 0 radical (unpaired) electrons. The van der Waals surface area contributed by atoms with Crippen LogP contribution < -0.4 is 0 Å². The Balaban J connectivity index is 1.86. The van der Waals surface area contributed by atoms with E-state index >= 15 is 0 Å². The van der Waals surface area contributed by atoms with Gasteiger partial charge in [-0.05, 0) is 61.7 Å². The van der Waals surface area contributed by atoms with Crippen LogP contribution in [0.1, 0.15) is 0 Å². The Morgan fingerprint density at radius 3 is 1.74 bits per heavy atom. The molecule has 3 aromatic carbocycles. The quantitative estimate of drug-likeness (QED) is 0.296. The van der Waals surface area contributed by atoms with E-state index in [2.05, 4.69) is 81.6 Å². The molecular weight excluding hydrogens is 396 g/mol. The van der Waals surface area contributed by atoms with Gasteiger partial charge in [0.1, 0.15) is 0 Å². The third-order valence-electron chi connectivity index (χ3n) is 4.85. The molecule has 0 unspecified atom stereocenters. The van der Waals surface area contributed by atoms with Crippen LogP contribution in [0, 0.1) is 0 Å². The fourth-order valence-corrected chi connectivity index (χ4v) is 4.30. The monoisotopic (exact) mass is 410 g/mol. The molecule has 0 N–H and O–H groups in total. The Kier molecular flexibility index (Phi) is 3.95. The number of hydrogen-bond donors (Lipinski definition) is 0. The highest BCUT2D eigenvalue weighted by Crippen LogP contribution is 2.41. The van der Waals surface area contributed by atoms with E-state index in [1.807, 2.05) is 18.2 Å². The minimum atomic E-state index is 0.950. The Bertz CT molecular complexity index is 1220. The van der Waals surface area contributed by atoms with Crippen molar-refractivity contribution in [2.45, 2.75) is 0 Å². The second-order valence-corrected chi connectivity index (χ2v) is 7.22. The lowest BCUT2D eigenvalue weighted by atomic mass is 9.94. The summed E-state index contributed by atoms with van der Waals surface area (Å²) in [7, 11) is 0. The molecule has 0 aliphatic carbocycles. The summed E-state index contributed by atoms with van der Waals surface area (Å²) in [5.41, 5.74) is 4.16. The summed E-state index contributed by atoms with van der Waals surface area (Å²) in [5.74, 6) is 0. The molecule has 0 bridgehead atoms. The topological polar surface area (TPSA) is 25.8 Å². The molecule has 0 saturated carbocycles. The maximum atomic E-state index is 5.00. The van der Waals surface area contributed by atoms with Crippen molar-refractivity contribution < 1.29 is 0 Å². The normalized spacial score (nSPS) is 11.1. The van der Waals surface area contributed by atoms with E-state index in [0.29, 0.717) is 0 Å². The minimum absolute atomic E-state index is 0.950. The van der Waals surface area contributed by atoms with Crippen molar-refractivity contribution in [1.29, 1.82) is 0 Å². The van der Waals surface area contributed by atoms with Crippen molar-refractivity contribution in [3.8, 4) is 22.5 Å². The maximum absolute atomic E-state index is 5.00. The van der Waals surface area contributed by atoms with Gasteiger partial charge in [-0.15, -0.1) is 0 Å². The molecule has 0 aliphatic heterocycles. The zero-order valence-corrected chi connectivity index (χ0v) is 16.0. The van der Waals surface area contributed by atoms with Gasteiger partial charge in [-0.3, -0.25) is 4.98 Å². The number of fused-ring (bicyclic) bond motifs is 2. The molecular formula is C24H15BrN2. The Morgan fingerprint density at radius 2 is 1.11 bits per heavy atom. The first kappa shape index (κ1) is 16.2. The fraction of sp³-hybridized carbons (Fsp3) is 0. The Labute approximate surface area is 165 Å². The summed E-state index contributed by atoms with van der Waals surface area (Å²) in [6.07, 6.45) is 3.60. The van der Waals surface area contributed by atoms with Crippen molar-refractivity contribution >= 4 is 37.5 Å². The van der Waals surface area contributed by atoms with Gasteiger partial charge < -0.3 is 0 Å². The number of halogens is 1. The number of aromatic nitrogens is 2. The van der Waals surface area contributed by atoms with Gasteiger partial charge in [0.2, 0.25) is 0 Å². The third-order valence-corrected chi connectivity index (χ3v) is 5.70. The van der Waals surface area contributed by atoms with Gasteiger partial charge in [-0.25, -0.2) is 4.98 Å². The van der Waals surface area contributed by atoms with Crippen LogP contribution in [0.2, 0.25) is 0 Å². The van der Waals surface area contributed by atoms with Crippen molar-refractivity contribution in [3.63, 3.8) is 0 Å². The summed E-state index contributed by atoms with van der Waals surface area (Å²) in [6.45, 7) is 0. The maximum Gasteiger partial charge on any atom is 0.0722 e. The summed E-state index contributed by atoms with van der Waals surface area (Å²) < 4.78 is 1.13. The van der Waals surface area contributed by atoms with E-state index < -0.39 is 0 Å². The van der Waals surface area contributed by atoms with Gasteiger partial charge in [0.25, 0.3) is 0 Å². The van der Waals surface area contributed by atoms with E-state index in [-0.39, 0.29) is 0 Å². The summed E-state index contributed by atoms with van der Waals surface area (Å²) in [5, 5.41) is 4.79. The van der Waals surface area contributed by atoms with Gasteiger partial charge in [-0.1, -0.05) is 54.6 Å². The van der Waals surface area contributed by atoms with E-state index in [4.69, 9.17) is 4.98 Å². The van der Waals surface area contributed by atoms with Gasteiger partial charge in [0.15, 0.2) is 0 Å². The summed E-state index contributed by atoms with van der Waals surface area (Å²) in [6, 6.07) is 27.2. The molecule has 0 fully saturated rings. The molecule has 0 spiro atoms. The van der Waals surface area contributed by atoms with E-state index in [9.17, 15) is 0 Å². The first-order chi connectivity index (χ1) is 13.3. The van der Waals surface area contributed by atoms with Gasteiger partial charge in [0, 0.05) is 28.0 Å². The second-order valence-electron chi connectivity index (χ2n) is 6.42. The van der Waals surface area contributed by atoms with Crippen LogP contribution in [0.3, 0.4) is 0 Å². The first-order valence-electron chi connectivity index (χ1n) is 8.80. The predicted molar refractivity (Wildman–Crippen MR) is 116 cm³/mol. The lowest BCUT2D eigenvalue weighted by Crippen LogP contribution is -1.92. The lowest BCUT2D eigenvalue weighted by Gasteiger charge is -2.14. The molecule has 5 aromatic rings. The zero-order chi connectivity index (χ0) is 18.2. The molecule has 128 valence electrons. The standard InChI is InChI=1S/C24H15BrN2/c25-24-19-8-3-1-6-17(19)23(18-7-2-4-9-20(18)24)22-11-5-10-21(27-22)16-12-14-26-15-13-16/h1-15H. The van der Waals surface area contributed by atoms with Gasteiger partial charge in [0.05, 0.1) is 11.4 Å². The molecule has 3 heteroatoms. The van der Waals surface area contributed by atoms with Crippen LogP contribution in [0.25, 0.3) is 44.1 Å². The molecule has 0 aliphatic rings. The molecule has 2 aromatic heterocycles. The second kappa shape index (κ2) is 6.60. The number of pyridine rings is 2. The lowest BCUT2D eigenvalue weighted by molar-refractivity contribution is 1.29. The number of benzene rings is 3. The van der Waals surface area contributed by atoms with Crippen LogP contribution in [0.5, 0.6) is 0 Å². The van der Waals surface area contributed by atoms with Crippen molar-refractivity contribution in [1.82, 2.24) is 9.97 Å². The summed E-state index contributed by atoms with van der Waals surface area (Å²) in [4.78, 5) is 9.11.